The summed E-state index contributed by atoms with van der Waals surface area (Å²) in [5.74, 6) is -2.47. The highest BCUT2D eigenvalue weighted by atomic mass is 32.2. The minimum atomic E-state index is -5.03. The van der Waals surface area contributed by atoms with E-state index in [9.17, 15) is 30.8 Å². The number of hydrogen-bond donors (Lipinski definition) is 1. The van der Waals surface area contributed by atoms with E-state index in [0.29, 0.717) is 37.5 Å². The lowest BCUT2D eigenvalue weighted by atomic mass is 9.93. The van der Waals surface area contributed by atoms with Gasteiger partial charge in [0.15, 0.2) is 11.6 Å². The fraction of sp³-hybridized carbons (Fsp3) is 0.474. The molecule has 0 aliphatic carbocycles. The van der Waals surface area contributed by atoms with E-state index in [1.54, 1.807) is 6.07 Å². The van der Waals surface area contributed by atoms with E-state index < -0.39 is 33.7 Å². The number of hydrogen-bond acceptors (Lipinski definition) is 7. The van der Waals surface area contributed by atoms with Crippen LogP contribution in [0.5, 0.6) is 5.75 Å². The number of aromatic nitrogens is 1. The maximum absolute atomic E-state index is 13.9. The van der Waals surface area contributed by atoms with E-state index in [-0.39, 0.29) is 23.8 Å². The Bertz CT molecular complexity index is 1060. The van der Waals surface area contributed by atoms with Crippen molar-refractivity contribution in [2.24, 2.45) is 0 Å². The third kappa shape index (κ3) is 6.58. The van der Waals surface area contributed by atoms with Crippen molar-refractivity contribution in [1.82, 2.24) is 10.1 Å². The van der Waals surface area contributed by atoms with Crippen molar-refractivity contribution < 1.29 is 40.0 Å². The van der Waals surface area contributed by atoms with Gasteiger partial charge in [-0.15, -0.1) is 13.2 Å². The molecule has 0 unspecified atom stereocenters. The highest BCUT2D eigenvalue weighted by Gasteiger charge is 2.33. The molecule has 0 atom stereocenters. The molecule has 0 spiro atoms. The molecule has 0 saturated carbocycles. The first kappa shape index (κ1) is 23.8. The van der Waals surface area contributed by atoms with Crippen LogP contribution >= 0.6 is 0 Å². The lowest BCUT2D eigenvalue weighted by Gasteiger charge is -2.31. The van der Waals surface area contributed by atoms with Crippen molar-refractivity contribution in [3.63, 3.8) is 0 Å². The molecule has 1 amide bonds. The lowest BCUT2D eigenvalue weighted by Crippen LogP contribution is -2.38. The third-order valence-corrected chi connectivity index (χ3v) is 5.85. The number of nitrogens with one attached hydrogen (secondary N) is 1. The molecule has 32 heavy (non-hydrogen) atoms. The van der Waals surface area contributed by atoms with E-state index in [0.717, 1.165) is 24.5 Å². The Hall–Kier alpha value is -2.83. The van der Waals surface area contributed by atoms with Gasteiger partial charge < -0.3 is 19.5 Å². The van der Waals surface area contributed by atoms with Gasteiger partial charge in [-0.25, -0.2) is 12.8 Å². The Morgan fingerprint density at radius 3 is 2.56 bits per heavy atom. The molecule has 13 heteroatoms. The summed E-state index contributed by atoms with van der Waals surface area (Å²) in [7, 11) is -3.10. The Morgan fingerprint density at radius 2 is 1.97 bits per heavy atom. The first-order valence-electron chi connectivity index (χ1n) is 9.64. The molecule has 8 nitrogen and oxygen atoms in total. The van der Waals surface area contributed by atoms with Crippen LogP contribution < -0.4 is 10.1 Å². The topological polar surface area (TPSA) is 102 Å². The van der Waals surface area contributed by atoms with Crippen LogP contribution in [0.4, 0.5) is 23.4 Å². The number of nitrogens with zero attached hydrogens (tertiary/aromatic N) is 2. The first-order chi connectivity index (χ1) is 14.9. The smallest absolute Gasteiger partial charge is 0.403 e. The van der Waals surface area contributed by atoms with Crippen LogP contribution in [0.3, 0.4) is 0 Å². The van der Waals surface area contributed by atoms with Crippen LogP contribution in [0.1, 0.15) is 34.8 Å². The average Bonchev–Trinajstić information content (AvgIpc) is 3.16. The summed E-state index contributed by atoms with van der Waals surface area (Å²) >= 11 is 0. The van der Waals surface area contributed by atoms with Crippen molar-refractivity contribution in [2.75, 3.05) is 37.0 Å². The van der Waals surface area contributed by atoms with Gasteiger partial charge in [-0.2, -0.15) is 0 Å². The first-order valence-corrected chi connectivity index (χ1v) is 11.7. The molecule has 1 aromatic heterocycles. The molecular weight excluding hydrogens is 458 g/mol. The predicted molar refractivity (Wildman–Crippen MR) is 106 cm³/mol. The Kier molecular flexibility index (Phi) is 6.96. The van der Waals surface area contributed by atoms with Crippen LogP contribution in [-0.4, -0.2) is 62.4 Å². The van der Waals surface area contributed by atoms with Crippen molar-refractivity contribution >= 4 is 21.6 Å². The highest BCUT2D eigenvalue weighted by molar-refractivity contribution is 7.90. The number of likely N-dealkylation sites (tertiary alicyclic amines) is 1. The van der Waals surface area contributed by atoms with Crippen LogP contribution in [0.25, 0.3) is 0 Å². The molecule has 1 N–H and O–H groups in total. The zero-order valence-electron chi connectivity index (χ0n) is 17.0. The maximum atomic E-state index is 13.9. The number of carbonyl (C=O) groups is 1. The summed E-state index contributed by atoms with van der Waals surface area (Å²) in [5.41, 5.74) is 0.591. The highest BCUT2D eigenvalue weighted by Crippen LogP contribution is 2.30. The van der Waals surface area contributed by atoms with Crippen molar-refractivity contribution in [2.45, 2.75) is 25.1 Å². The largest absolute Gasteiger partial charge is 0.573 e. The van der Waals surface area contributed by atoms with Crippen LogP contribution in [0.2, 0.25) is 0 Å². The number of alkyl halides is 3. The summed E-state index contributed by atoms with van der Waals surface area (Å²) in [6.45, 7) is 0.870. The predicted octanol–water partition coefficient (Wildman–Crippen LogP) is 3.19. The van der Waals surface area contributed by atoms with Gasteiger partial charge in [0.25, 0.3) is 5.91 Å². The SMILES string of the molecule is CS(=O)(=O)CCNc1cc(C2CCN(C(=O)c3ccc(OC(F)(F)F)c(F)c3)CC2)no1. The molecule has 0 radical (unpaired) electrons. The van der Waals surface area contributed by atoms with Gasteiger partial charge in [-0.05, 0) is 31.0 Å². The summed E-state index contributed by atoms with van der Waals surface area (Å²) in [6.07, 6.45) is -2.79. The van der Waals surface area contributed by atoms with E-state index in [1.165, 1.54) is 4.90 Å². The number of sulfone groups is 1. The minimum absolute atomic E-state index is 0.00700. The Labute approximate surface area is 181 Å². The number of benzene rings is 1. The van der Waals surface area contributed by atoms with Crippen LogP contribution in [-0.2, 0) is 9.84 Å². The number of carbonyl (C=O) groups excluding carboxylic acids is 1. The van der Waals surface area contributed by atoms with E-state index in [1.807, 2.05) is 0 Å². The van der Waals surface area contributed by atoms with Gasteiger partial charge in [0.2, 0.25) is 5.88 Å². The minimum Gasteiger partial charge on any atom is -0.403 e. The quantitative estimate of drug-likeness (QED) is 0.609. The zero-order valence-corrected chi connectivity index (χ0v) is 17.8. The lowest BCUT2D eigenvalue weighted by molar-refractivity contribution is -0.275. The van der Waals surface area contributed by atoms with Crippen LogP contribution in [0, 0.1) is 5.82 Å². The van der Waals surface area contributed by atoms with Crippen molar-refractivity contribution in [3.05, 3.63) is 41.3 Å². The normalized spacial score (nSPS) is 15.6. The van der Waals surface area contributed by atoms with Gasteiger partial charge in [-0.1, -0.05) is 5.16 Å². The second-order valence-corrected chi connectivity index (χ2v) is 9.69. The van der Waals surface area contributed by atoms with Gasteiger partial charge in [0, 0.05) is 43.4 Å². The molecule has 1 aliphatic heterocycles. The number of anilines is 1. The van der Waals surface area contributed by atoms with Gasteiger partial charge >= 0.3 is 6.36 Å². The molecule has 1 aliphatic rings. The number of rotatable bonds is 7. The second-order valence-electron chi connectivity index (χ2n) is 7.43. The number of piperidine rings is 1. The molecule has 1 aromatic carbocycles. The number of halogens is 4. The molecule has 3 rings (SSSR count). The standard InChI is InChI=1S/C19H21F4N3O5S/c1-32(28,29)9-6-24-17-11-15(25-31-17)12-4-7-26(8-5-12)18(27)13-2-3-16(14(20)10-13)30-19(21,22)23/h2-3,10-12,24H,4-9H2,1H3. The molecule has 176 valence electrons. The molecule has 0 bridgehead atoms. The Balaban J connectivity index is 1.54. The van der Waals surface area contributed by atoms with Gasteiger partial charge in [0.1, 0.15) is 9.84 Å². The molecule has 1 fully saturated rings. The number of ether oxygens (including phenoxy) is 1. The van der Waals surface area contributed by atoms with Crippen molar-refractivity contribution in [1.29, 1.82) is 0 Å². The molecule has 2 heterocycles. The molecule has 2 aromatic rings. The van der Waals surface area contributed by atoms with Gasteiger partial charge in [0.05, 0.1) is 11.4 Å². The third-order valence-electron chi connectivity index (χ3n) is 4.91. The maximum Gasteiger partial charge on any atom is 0.573 e. The Morgan fingerprint density at radius 1 is 1.28 bits per heavy atom. The van der Waals surface area contributed by atoms with E-state index in [2.05, 4.69) is 15.2 Å². The fourth-order valence-electron chi connectivity index (χ4n) is 3.33. The molecule has 1 saturated heterocycles. The molecular formula is C19H21F4N3O5S. The summed E-state index contributed by atoms with van der Waals surface area (Å²) in [6, 6.07) is 4.27. The van der Waals surface area contributed by atoms with E-state index >= 15 is 0 Å². The summed E-state index contributed by atoms with van der Waals surface area (Å²) in [5, 5.41) is 6.83. The van der Waals surface area contributed by atoms with Crippen molar-refractivity contribution in [3.8, 4) is 5.75 Å². The monoisotopic (exact) mass is 479 g/mol. The average molecular weight is 479 g/mol. The second kappa shape index (κ2) is 9.35. The summed E-state index contributed by atoms with van der Waals surface area (Å²) < 4.78 is 81.7. The zero-order chi connectivity index (χ0) is 23.5. The van der Waals surface area contributed by atoms with Crippen LogP contribution in [0.15, 0.2) is 28.8 Å². The number of amides is 1. The van der Waals surface area contributed by atoms with E-state index in [4.69, 9.17) is 4.52 Å². The van der Waals surface area contributed by atoms with Gasteiger partial charge in [-0.3, -0.25) is 4.79 Å². The summed E-state index contributed by atoms with van der Waals surface area (Å²) in [4.78, 5) is 14.1. The fourth-order valence-corrected chi connectivity index (χ4v) is 3.80.